The Kier molecular flexibility index (Phi) is 3.09. The molecule has 3 aromatic rings. The molecule has 1 aliphatic heterocycles. The number of benzene rings is 1. The van der Waals surface area contributed by atoms with Crippen LogP contribution in [0.25, 0.3) is 22.0 Å². The van der Waals surface area contributed by atoms with Crippen molar-refractivity contribution in [2.24, 2.45) is 0 Å². The molecule has 2 aromatic heterocycles. The highest BCUT2D eigenvalue weighted by Gasteiger charge is 2.34. The van der Waals surface area contributed by atoms with Crippen LogP contribution in [0.1, 0.15) is 20.3 Å². The molecule has 4 rings (SSSR count). The van der Waals surface area contributed by atoms with E-state index in [1.165, 1.54) is 11.3 Å². The third-order valence-corrected chi connectivity index (χ3v) is 5.17. The van der Waals surface area contributed by atoms with Gasteiger partial charge in [0.05, 0.1) is 4.88 Å². The summed E-state index contributed by atoms with van der Waals surface area (Å²) in [5, 5.41) is 10.1. The van der Waals surface area contributed by atoms with Gasteiger partial charge in [-0.15, -0.1) is 11.3 Å². The maximum atomic E-state index is 12.5. The van der Waals surface area contributed by atoms with Gasteiger partial charge in [0.15, 0.2) is 11.5 Å². The third-order valence-electron chi connectivity index (χ3n) is 4.29. The standard InChI is InChI=1S/C17H16N4OS/c1-3-17(2)19-12-8-5-4-7-11(12)15-18-16(22)14(20-21(15)17)13-9-6-10-23-13/h4-10,19H,3H2,1-2H3/t17-/m1/s1. The van der Waals surface area contributed by atoms with E-state index in [1.54, 1.807) is 0 Å². The van der Waals surface area contributed by atoms with Crippen molar-refractivity contribution in [3.8, 4) is 22.0 Å². The predicted octanol–water partition coefficient (Wildman–Crippen LogP) is 3.54. The average Bonchev–Trinajstić information content (AvgIpc) is 3.09. The van der Waals surface area contributed by atoms with E-state index in [1.807, 2.05) is 46.5 Å². The van der Waals surface area contributed by atoms with Crippen molar-refractivity contribution in [2.75, 3.05) is 5.32 Å². The van der Waals surface area contributed by atoms with Crippen LogP contribution in [-0.4, -0.2) is 14.8 Å². The zero-order valence-corrected chi connectivity index (χ0v) is 13.7. The van der Waals surface area contributed by atoms with Gasteiger partial charge in [-0.2, -0.15) is 10.1 Å². The van der Waals surface area contributed by atoms with Gasteiger partial charge in [-0.3, -0.25) is 4.79 Å². The number of fused-ring (bicyclic) bond motifs is 3. The van der Waals surface area contributed by atoms with E-state index in [2.05, 4.69) is 29.2 Å². The molecule has 0 aliphatic carbocycles. The number of nitrogens with one attached hydrogen (secondary N) is 1. The van der Waals surface area contributed by atoms with Gasteiger partial charge in [0, 0.05) is 11.3 Å². The van der Waals surface area contributed by atoms with E-state index in [0.717, 1.165) is 22.5 Å². The van der Waals surface area contributed by atoms with E-state index in [9.17, 15) is 4.79 Å². The zero-order chi connectivity index (χ0) is 16.0. The zero-order valence-electron chi connectivity index (χ0n) is 12.9. The van der Waals surface area contributed by atoms with Crippen LogP contribution in [0, 0.1) is 0 Å². The molecule has 0 fully saturated rings. The highest BCUT2D eigenvalue weighted by molar-refractivity contribution is 7.13. The molecule has 0 saturated heterocycles. The lowest BCUT2D eigenvalue weighted by Crippen LogP contribution is -2.44. The van der Waals surface area contributed by atoms with Gasteiger partial charge in [-0.1, -0.05) is 25.1 Å². The van der Waals surface area contributed by atoms with Crippen LogP contribution in [-0.2, 0) is 5.66 Å². The van der Waals surface area contributed by atoms with Gasteiger partial charge in [0.1, 0.15) is 5.66 Å². The Morgan fingerprint density at radius 3 is 2.83 bits per heavy atom. The molecule has 23 heavy (non-hydrogen) atoms. The Morgan fingerprint density at radius 2 is 2.09 bits per heavy atom. The average molecular weight is 324 g/mol. The number of para-hydroxylation sites is 1. The van der Waals surface area contributed by atoms with Crippen LogP contribution in [0.2, 0.25) is 0 Å². The minimum Gasteiger partial charge on any atom is -0.361 e. The summed E-state index contributed by atoms with van der Waals surface area (Å²) in [5.41, 5.74) is 1.59. The SMILES string of the molecule is CC[C@]1(C)Nc2ccccc2-c2nc(=O)c(-c3cccs3)nn21. The van der Waals surface area contributed by atoms with Crippen LogP contribution in [0.15, 0.2) is 46.6 Å². The minimum atomic E-state index is -0.420. The number of rotatable bonds is 2. The smallest absolute Gasteiger partial charge is 0.300 e. The molecule has 5 nitrogen and oxygen atoms in total. The Bertz CT molecular complexity index is 932. The van der Waals surface area contributed by atoms with Crippen molar-refractivity contribution in [3.05, 3.63) is 52.1 Å². The normalized spacial score (nSPS) is 18.9. The number of hydrogen-bond acceptors (Lipinski definition) is 5. The first-order valence-corrected chi connectivity index (χ1v) is 8.43. The molecular formula is C17H16N4OS. The van der Waals surface area contributed by atoms with Crippen LogP contribution in [0.4, 0.5) is 5.69 Å². The van der Waals surface area contributed by atoms with Crippen molar-refractivity contribution < 1.29 is 0 Å². The molecule has 1 N–H and O–H groups in total. The first-order chi connectivity index (χ1) is 11.1. The van der Waals surface area contributed by atoms with Gasteiger partial charge in [0.2, 0.25) is 0 Å². The topological polar surface area (TPSA) is 59.8 Å². The van der Waals surface area contributed by atoms with Crippen molar-refractivity contribution in [1.29, 1.82) is 0 Å². The first-order valence-electron chi connectivity index (χ1n) is 7.56. The van der Waals surface area contributed by atoms with Crippen LogP contribution in [0.3, 0.4) is 0 Å². The molecule has 0 spiro atoms. The number of anilines is 1. The Hall–Kier alpha value is -2.47. The maximum Gasteiger partial charge on any atom is 0.300 e. The molecule has 116 valence electrons. The van der Waals surface area contributed by atoms with E-state index < -0.39 is 5.66 Å². The fourth-order valence-corrected chi connectivity index (χ4v) is 3.54. The molecule has 0 bridgehead atoms. The summed E-state index contributed by atoms with van der Waals surface area (Å²) in [4.78, 5) is 17.7. The summed E-state index contributed by atoms with van der Waals surface area (Å²) in [7, 11) is 0. The maximum absolute atomic E-state index is 12.5. The molecule has 1 aromatic carbocycles. The molecule has 1 aliphatic rings. The molecular weight excluding hydrogens is 308 g/mol. The molecule has 1 atom stereocenters. The van der Waals surface area contributed by atoms with E-state index in [0.29, 0.717) is 11.5 Å². The largest absolute Gasteiger partial charge is 0.361 e. The predicted molar refractivity (Wildman–Crippen MR) is 92.6 cm³/mol. The summed E-state index contributed by atoms with van der Waals surface area (Å²) >= 11 is 1.50. The lowest BCUT2D eigenvalue weighted by Gasteiger charge is -2.38. The summed E-state index contributed by atoms with van der Waals surface area (Å²) in [6.07, 6.45) is 0.815. The quantitative estimate of drug-likeness (QED) is 0.783. The van der Waals surface area contributed by atoms with Crippen LogP contribution >= 0.6 is 11.3 Å². The summed E-state index contributed by atoms with van der Waals surface area (Å²) in [6.45, 7) is 4.17. The molecule has 3 heterocycles. The minimum absolute atomic E-state index is 0.283. The summed E-state index contributed by atoms with van der Waals surface area (Å²) in [5.74, 6) is 0.619. The molecule has 0 unspecified atom stereocenters. The monoisotopic (exact) mass is 324 g/mol. The first kappa shape index (κ1) is 14.1. The second-order valence-corrected chi connectivity index (χ2v) is 6.72. The second-order valence-electron chi connectivity index (χ2n) is 5.78. The fourth-order valence-electron chi connectivity index (χ4n) is 2.84. The molecule has 0 amide bonds. The van der Waals surface area contributed by atoms with Gasteiger partial charge in [-0.05, 0) is 36.9 Å². The van der Waals surface area contributed by atoms with Crippen molar-refractivity contribution >= 4 is 17.0 Å². The summed E-state index contributed by atoms with van der Waals surface area (Å²) < 4.78 is 1.85. The number of hydrogen-bond donors (Lipinski definition) is 1. The number of nitrogens with zero attached hydrogens (tertiary/aromatic N) is 3. The lowest BCUT2D eigenvalue weighted by molar-refractivity contribution is 0.312. The third kappa shape index (κ3) is 2.09. The van der Waals surface area contributed by atoms with E-state index >= 15 is 0 Å². The van der Waals surface area contributed by atoms with Crippen molar-refractivity contribution in [2.45, 2.75) is 25.9 Å². The Balaban J connectivity index is 2.03. The van der Waals surface area contributed by atoms with Crippen LogP contribution in [0.5, 0.6) is 0 Å². The van der Waals surface area contributed by atoms with Gasteiger partial charge in [0.25, 0.3) is 0 Å². The Labute approximate surface area is 137 Å². The molecule has 6 heteroatoms. The summed E-state index contributed by atoms with van der Waals surface area (Å²) in [6, 6.07) is 11.7. The fraction of sp³-hybridized carbons (Fsp3) is 0.235. The van der Waals surface area contributed by atoms with E-state index in [4.69, 9.17) is 0 Å². The van der Waals surface area contributed by atoms with Gasteiger partial charge < -0.3 is 5.32 Å². The number of thiophene rings is 1. The van der Waals surface area contributed by atoms with E-state index in [-0.39, 0.29) is 5.56 Å². The van der Waals surface area contributed by atoms with Gasteiger partial charge >= 0.3 is 5.56 Å². The highest BCUT2D eigenvalue weighted by atomic mass is 32.1. The van der Waals surface area contributed by atoms with Gasteiger partial charge in [-0.25, -0.2) is 4.68 Å². The molecule has 0 radical (unpaired) electrons. The molecule has 0 saturated carbocycles. The number of aromatic nitrogens is 3. The van der Waals surface area contributed by atoms with Crippen LogP contribution < -0.4 is 10.9 Å². The second kappa shape index (κ2) is 5.03. The lowest BCUT2D eigenvalue weighted by atomic mass is 10.0. The highest BCUT2D eigenvalue weighted by Crippen LogP contribution is 2.38. The Morgan fingerprint density at radius 1 is 1.26 bits per heavy atom. The van der Waals surface area contributed by atoms with Crippen molar-refractivity contribution in [3.63, 3.8) is 0 Å². The van der Waals surface area contributed by atoms with Crippen molar-refractivity contribution in [1.82, 2.24) is 14.8 Å².